The Bertz CT molecular complexity index is 1160. The van der Waals surface area contributed by atoms with Gasteiger partial charge in [0.05, 0.1) is 25.4 Å². The van der Waals surface area contributed by atoms with Crippen molar-refractivity contribution in [3.63, 3.8) is 0 Å². The number of para-hydroxylation sites is 1. The van der Waals surface area contributed by atoms with Gasteiger partial charge in [-0.2, -0.15) is 4.80 Å². The normalized spacial score (nSPS) is 13.9. The first-order chi connectivity index (χ1) is 16.9. The number of thioether (sulfide) groups is 1. The molecule has 4 aromatic rings. The van der Waals surface area contributed by atoms with Gasteiger partial charge < -0.3 is 9.64 Å². The Morgan fingerprint density at radius 1 is 0.824 bits per heavy atom. The van der Waals surface area contributed by atoms with Gasteiger partial charge in [-0.25, -0.2) is 0 Å². The minimum absolute atomic E-state index is 0.674. The van der Waals surface area contributed by atoms with Gasteiger partial charge in [0.1, 0.15) is 0 Å². The Morgan fingerprint density at radius 3 is 2.38 bits per heavy atom. The lowest BCUT2D eigenvalue weighted by molar-refractivity contribution is 0.122. The number of tetrazole rings is 1. The van der Waals surface area contributed by atoms with Crippen LogP contribution < -0.4 is 4.90 Å². The van der Waals surface area contributed by atoms with Crippen molar-refractivity contribution in [2.45, 2.75) is 31.0 Å². The molecule has 10 heteroatoms. The highest BCUT2D eigenvalue weighted by atomic mass is 32.2. The second-order valence-corrected chi connectivity index (χ2v) is 9.10. The van der Waals surface area contributed by atoms with E-state index in [-0.39, 0.29) is 0 Å². The Labute approximate surface area is 203 Å². The molecule has 2 aromatic heterocycles. The molecule has 1 fully saturated rings. The minimum Gasteiger partial charge on any atom is -0.378 e. The molecule has 0 atom stereocenters. The molecule has 0 saturated carbocycles. The second-order valence-electron chi connectivity index (χ2n) is 8.04. The topological polar surface area (TPSA) is 86.8 Å². The van der Waals surface area contributed by atoms with Crippen molar-refractivity contribution in [2.24, 2.45) is 0 Å². The first-order valence-electron chi connectivity index (χ1n) is 11.7. The average molecular weight is 477 g/mol. The summed E-state index contributed by atoms with van der Waals surface area (Å²) >= 11 is 1.76. The summed E-state index contributed by atoms with van der Waals surface area (Å²) in [6.07, 6.45) is 3.18. The van der Waals surface area contributed by atoms with Crippen LogP contribution in [0.25, 0.3) is 17.1 Å². The molecular weight excluding hydrogens is 448 g/mol. The molecule has 1 aliphatic heterocycles. The number of hydrogen-bond donors (Lipinski definition) is 0. The van der Waals surface area contributed by atoms with Gasteiger partial charge in [0.25, 0.3) is 0 Å². The standard InChI is InChI=1S/C24H28N8OS/c1-4-10-20(11-5-1)22-25-29-31(28-22)14-8-3-9-19-34-24-27-26-23(30-15-17-33-18-16-30)32(24)21-12-6-2-7-13-21/h1-2,4-7,10-13H,3,8-9,14-19H2. The van der Waals surface area contributed by atoms with E-state index in [0.29, 0.717) is 5.82 Å². The van der Waals surface area contributed by atoms with E-state index in [4.69, 9.17) is 4.74 Å². The lowest BCUT2D eigenvalue weighted by Crippen LogP contribution is -2.37. The fraction of sp³-hybridized carbons (Fsp3) is 0.375. The maximum Gasteiger partial charge on any atom is 0.232 e. The van der Waals surface area contributed by atoms with Crippen LogP contribution in [0.4, 0.5) is 5.95 Å². The highest BCUT2D eigenvalue weighted by Gasteiger charge is 2.21. The molecule has 0 unspecified atom stereocenters. The minimum atomic E-state index is 0.674. The largest absolute Gasteiger partial charge is 0.378 e. The third-order valence-corrected chi connectivity index (χ3v) is 6.66. The molecule has 0 spiro atoms. The van der Waals surface area contributed by atoms with E-state index in [9.17, 15) is 0 Å². The molecule has 176 valence electrons. The molecule has 0 bridgehead atoms. The Morgan fingerprint density at radius 2 is 1.59 bits per heavy atom. The zero-order valence-corrected chi connectivity index (χ0v) is 19.8. The van der Waals surface area contributed by atoms with Crippen molar-refractivity contribution in [3.05, 3.63) is 60.7 Å². The molecule has 3 heterocycles. The zero-order chi connectivity index (χ0) is 23.0. The van der Waals surface area contributed by atoms with Crippen molar-refractivity contribution in [1.82, 2.24) is 35.0 Å². The smallest absolute Gasteiger partial charge is 0.232 e. The third-order valence-electron chi connectivity index (χ3n) is 5.64. The number of anilines is 1. The number of morpholine rings is 1. The van der Waals surface area contributed by atoms with Crippen LogP contribution in [0.2, 0.25) is 0 Å². The number of aromatic nitrogens is 7. The summed E-state index contributed by atoms with van der Waals surface area (Å²) in [7, 11) is 0. The summed E-state index contributed by atoms with van der Waals surface area (Å²) in [6, 6.07) is 20.3. The number of ether oxygens (including phenoxy) is 1. The summed E-state index contributed by atoms with van der Waals surface area (Å²) in [5.74, 6) is 2.55. The van der Waals surface area contributed by atoms with E-state index in [1.807, 2.05) is 48.5 Å². The molecular formula is C24H28N8OS. The summed E-state index contributed by atoms with van der Waals surface area (Å²) in [4.78, 5) is 3.94. The van der Waals surface area contributed by atoms with Gasteiger partial charge in [0.15, 0.2) is 5.16 Å². The van der Waals surface area contributed by atoms with Crippen molar-refractivity contribution in [1.29, 1.82) is 0 Å². The fourth-order valence-electron chi connectivity index (χ4n) is 3.86. The number of unbranched alkanes of at least 4 members (excludes halogenated alkanes) is 2. The average Bonchev–Trinajstić information content (AvgIpc) is 3.55. The van der Waals surface area contributed by atoms with Gasteiger partial charge in [-0.1, -0.05) is 66.7 Å². The molecule has 0 aliphatic carbocycles. The van der Waals surface area contributed by atoms with E-state index in [1.54, 1.807) is 16.6 Å². The van der Waals surface area contributed by atoms with E-state index in [0.717, 1.165) is 80.2 Å². The van der Waals surface area contributed by atoms with Crippen LogP contribution in [0, 0.1) is 0 Å². The van der Waals surface area contributed by atoms with Crippen molar-refractivity contribution in [2.75, 3.05) is 37.0 Å². The molecule has 2 aromatic carbocycles. The summed E-state index contributed by atoms with van der Waals surface area (Å²) in [6.45, 7) is 3.87. The van der Waals surface area contributed by atoms with Gasteiger partial charge in [0, 0.05) is 24.4 Å². The Balaban J connectivity index is 1.14. The monoisotopic (exact) mass is 476 g/mol. The van der Waals surface area contributed by atoms with Crippen LogP contribution in [-0.2, 0) is 11.3 Å². The number of nitrogens with zero attached hydrogens (tertiary/aromatic N) is 8. The molecule has 34 heavy (non-hydrogen) atoms. The maximum atomic E-state index is 5.51. The lowest BCUT2D eigenvalue weighted by Gasteiger charge is -2.27. The predicted molar refractivity (Wildman–Crippen MR) is 132 cm³/mol. The van der Waals surface area contributed by atoms with Crippen LogP contribution in [-0.4, -0.2) is 67.0 Å². The summed E-state index contributed by atoms with van der Waals surface area (Å²) < 4.78 is 7.68. The molecule has 5 rings (SSSR count). The van der Waals surface area contributed by atoms with Gasteiger partial charge in [-0.3, -0.25) is 4.57 Å². The molecule has 0 amide bonds. The van der Waals surface area contributed by atoms with E-state index < -0.39 is 0 Å². The highest BCUT2D eigenvalue weighted by Crippen LogP contribution is 2.27. The second kappa shape index (κ2) is 11.3. The van der Waals surface area contributed by atoms with Crippen LogP contribution >= 0.6 is 11.8 Å². The number of aryl methyl sites for hydroxylation is 1. The number of hydrogen-bond acceptors (Lipinski definition) is 8. The van der Waals surface area contributed by atoms with Crippen molar-refractivity contribution >= 4 is 17.7 Å². The van der Waals surface area contributed by atoms with Gasteiger partial charge in [0.2, 0.25) is 11.8 Å². The van der Waals surface area contributed by atoms with Crippen LogP contribution in [0.3, 0.4) is 0 Å². The molecule has 0 N–H and O–H groups in total. The quantitative estimate of drug-likeness (QED) is 0.253. The predicted octanol–water partition coefficient (Wildman–Crippen LogP) is 3.72. The molecule has 9 nitrogen and oxygen atoms in total. The Hall–Kier alpha value is -3.24. The van der Waals surface area contributed by atoms with E-state index in [2.05, 4.69) is 47.2 Å². The molecule has 0 radical (unpaired) electrons. The van der Waals surface area contributed by atoms with E-state index in [1.165, 1.54) is 0 Å². The van der Waals surface area contributed by atoms with Crippen LogP contribution in [0.15, 0.2) is 65.8 Å². The van der Waals surface area contributed by atoms with Crippen LogP contribution in [0.5, 0.6) is 0 Å². The number of rotatable bonds is 10. The lowest BCUT2D eigenvalue weighted by atomic mass is 10.2. The molecule has 1 aliphatic rings. The Kier molecular flexibility index (Phi) is 7.47. The summed E-state index contributed by atoms with van der Waals surface area (Å²) in [5.41, 5.74) is 2.08. The maximum absolute atomic E-state index is 5.51. The van der Waals surface area contributed by atoms with Gasteiger partial charge in [-0.15, -0.1) is 20.4 Å². The first kappa shape index (κ1) is 22.5. The highest BCUT2D eigenvalue weighted by molar-refractivity contribution is 7.99. The molecule has 1 saturated heterocycles. The van der Waals surface area contributed by atoms with Gasteiger partial charge in [-0.05, 0) is 30.2 Å². The van der Waals surface area contributed by atoms with Gasteiger partial charge >= 0.3 is 0 Å². The SMILES string of the molecule is c1ccc(-c2nnn(CCCCCSc3nnc(N4CCOCC4)n3-c3ccccc3)n2)cc1. The summed E-state index contributed by atoms with van der Waals surface area (Å²) in [5, 5.41) is 22.8. The third kappa shape index (κ3) is 5.45. The first-order valence-corrected chi connectivity index (χ1v) is 12.7. The van der Waals surface area contributed by atoms with Crippen molar-refractivity contribution < 1.29 is 4.74 Å². The fourth-order valence-corrected chi connectivity index (χ4v) is 4.81. The van der Waals surface area contributed by atoms with Crippen molar-refractivity contribution in [3.8, 4) is 17.1 Å². The number of benzene rings is 2. The van der Waals surface area contributed by atoms with E-state index >= 15 is 0 Å². The van der Waals surface area contributed by atoms with Crippen LogP contribution in [0.1, 0.15) is 19.3 Å². The zero-order valence-electron chi connectivity index (χ0n) is 19.0.